The van der Waals surface area contributed by atoms with Crippen LogP contribution in [0.1, 0.15) is 51.4 Å². The number of ether oxygens (including phenoxy) is 1. The smallest absolute Gasteiger partial charge is 0.281 e. The fraction of sp³-hybridized carbons (Fsp3) is 0.393. The minimum Gasteiger partial charge on any atom is -0.504 e. The first kappa shape index (κ1) is 29.1. The lowest BCUT2D eigenvalue weighted by molar-refractivity contribution is 0.0981. The maximum Gasteiger partial charge on any atom is 0.281 e. The largest absolute Gasteiger partial charge is 0.504 e. The Balaban J connectivity index is 1.76. The van der Waals surface area contributed by atoms with E-state index in [0.717, 1.165) is 18.6 Å². The monoisotopic (exact) mass is 571 g/mol. The van der Waals surface area contributed by atoms with E-state index < -0.39 is 32.3 Å². The molecule has 1 unspecified atom stereocenters. The Bertz CT molecular complexity index is 1540. The van der Waals surface area contributed by atoms with Crippen molar-refractivity contribution in [2.45, 2.75) is 51.6 Å². The van der Waals surface area contributed by atoms with Crippen molar-refractivity contribution in [1.82, 2.24) is 14.7 Å². The van der Waals surface area contributed by atoms with E-state index in [-0.39, 0.29) is 34.8 Å². The van der Waals surface area contributed by atoms with E-state index in [1.165, 1.54) is 24.3 Å². The Morgan fingerprint density at radius 1 is 1.23 bits per heavy atom. The number of halogens is 1. The summed E-state index contributed by atoms with van der Waals surface area (Å²) in [4.78, 5) is 23.8. The molecule has 4 N–H and O–H groups in total. The van der Waals surface area contributed by atoms with Gasteiger partial charge in [-0.05, 0) is 68.5 Å². The van der Waals surface area contributed by atoms with Crippen molar-refractivity contribution in [3.8, 4) is 22.8 Å². The van der Waals surface area contributed by atoms with Gasteiger partial charge in [-0.1, -0.05) is 20.8 Å². The van der Waals surface area contributed by atoms with Gasteiger partial charge < -0.3 is 20.5 Å². The standard InChI is InChI=1S/C28H34FN5O5S/c1-16(2)15-39-20-13-18(12-19(29)14-20)22-7-6-21(26(31-22)34-11-10-17(3)28(34,4)5)27(36)33-40(37,38)24-9-8-23(35)25(30)32-24/h6-9,12-14,16-17,35H,10-11,15H2,1-5H3,(H2,30,32)(H,33,36). The lowest BCUT2D eigenvalue weighted by Crippen LogP contribution is -2.43. The lowest BCUT2D eigenvalue weighted by Gasteiger charge is -2.36. The molecule has 3 aromatic rings. The van der Waals surface area contributed by atoms with Gasteiger partial charge in [0.1, 0.15) is 17.4 Å². The molecule has 1 saturated heterocycles. The highest BCUT2D eigenvalue weighted by Crippen LogP contribution is 2.39. The predicted octanol–water partition coefficient (Wildman–Crippen LogP) is 4.35. The van der Waals surface area contributed by atoms with Crippen molar-refractivity contribution in [2.75, 3.05) is 23.8 Å². The second kappa shape index (κ2) is 10.9. The summed E-state index contributed by atoms with van der Waals surface area (Å²) >= 11 is 0. The van der Waals surface area contributed by atoms with Crippen LogP contribution in [0.3, 0.4) is 0 Å². The average molecular weight is 572 g/mol. The summed E-state index contributed by atoms with van der Waals surface area (Å²) in [6, 6.07) is 9.44. The Hall–Kier alpha value is -3.93. The molecule has 12 heteroatoms. The number of nitrogen functional groups attached to an aromatic ring is 1. The summed E-state index contributed by atoms with van der Waals surface area (Å²) in [7, 11) is -4.43. The third-order valence-electron chi connectivity index (χ3n) is 7.19. The maximum atomic E-state index is 14.5. The molecule has 40 heavy (non-hydrogen) atoms. The van der Waals surface area contributed by atoms with Crippen LogP contribution in [0, 0.1) is 17.7 Å². The third-order valence-corrected chi connectivity index (χ3v) is 8.42. The van der Waals surface area contributed by atoms with Crippen molar-refractivity contribution < 1.29 is 27.4 Å². The number of aromatic hydroxyl groups is 1. The van der Waals surface area contributed by atoms with Crippen LogP contribution in [-0.2, 0) is 10.0 Å². The van der Waals surface area contributed by atoms with Gasteiger partial charge in [0.05, 0.1) is 17.9 Å². The molecular weight excluding hydrogens is 537 g/mol. The third kappa shape index (κ3) is 5.96. The molecule has 1 amide bonds. The first-order valence-electron chi connectivity index (χ1n) is 12.9. The second-order valence-electron chi connectivity index (χ2n) is 10.9. The van der Waals surface area contributed by atoms with Gasteiger partial charge in [0, 0.05) is 23.7 Å². The minimum absolute atomic E-state index is 0.0222. The predicted molar refractivity (Wildman–Crippen MR) is 150 cm³/mol. The molecule has 0 saturated carbocycles. The summed E-state index contributed by atoms with van der Waals surface area (Å²) in [5.41, 5.74) is 6.01. The number of carbonyl (C=O) groups is 1. The number of amides is 1. The number of rotatable bonds is 8. The Labute approximate surface area is 233 Å². The van der Waals surface area contributed by atoms with Gasteiger partial charge in [0.25, 0.3) is 15.9 Å². The van der Waals surface area contributed by atoms with Crippen molar-refractivity contribution >= 4 is 27.6 Å². The van der Waals surface area contributed by atoms with Crippen LogP contribution < -0.4 is 20.1 Å². The van der Waals surface area contributed by atoms with Crippen molar-refractivity contribution in [2.24, 2.45) is 11.8 Å². The number of nitrogens with one attached hydrogen (secondary N) is 1. The van der Waals surface area contributed by atoms with Crippen LogP contribution in [0.4, 0.5) is 16.0 Å². The average Bonchev–Trinajstić information content (AvgIpc) is 3.15. The molecule has 3 heterocycles. The van der Waals surface area contributed by atoms with E-state index in [1.807, 2.05) is 37.3 Å². The molecule has 0 radical (unpaired) electrons. The molecular formula is C28H34FN5O5S. The van der Waals surface area contributed by atoms with Gasteiger partial charge in [0.2, 0.25) is 0 Å². The van der Waals surface area contributed by atoms with E-state index in [2.05, 4.69) is 11.9 Å². The van der Waals surface area contributed by atoms with Crippen LogP contribution in [0.25, 0.3) is 11.3 Å². The highest BCUT2D eigenvalue weighted by atomic mass is 32.2. The van der Waals surface area contributed by atoms with E-state index in [0.29, 0.717) is 30.2 Å². The van der Waals surface area contributed by atoms with E-state index in [9.17, 15) is 22.7 Å². The molecule has 1 aliphatic rings. The van der Waals surface area contributed by atoms with Gasteiger partial charge in [0.15, 0.2) is 16.6 Å². The van der Waals surface area contributed by atoms with Crippen molar-refractivity contribution in [1.29, 1.82) is 0 Å². The van der Waals surface area contributed by atoms with Crippen LogP contribution >= 0.6 is 0 Å². The number of hydrogen-bond acceptors (Lipinski definition) is 9. The van der Waals surface area contributed by atoms with Gasteiger partial charge in [-0.15, -0.1) is 0 Å². The SMILES string of the molecule is CC(C)COc1cc(F)cc(-c2ccc(C(=O)NS(=O)(=O)c3ccc(O)c(N)n3)c(N3CCC(C)C3(C)C)n2)c1. The fourth-order valence-electron chi connectivity index (χ4n) is 4.49. The summed E-state index contributed by atoms with van der Waals surface area (Å²) in [6.45, 7) is 11.1. The van der Waals surface area contributed by atoms with Crippen LogP contribution in [0.5, 0.6) is 11.5 Å². The maximum absolute atomic E-state index is 14.5. The van der Waals surface area contributed by atoms with Gasteiger partial charge in [-0.3, -0.25) is 4.79 Å². The number of benzene rings is 1. The van der Waals surface area contributed by atoms with E-state index in [1.54, 1.807) is 6.07 Å². The summed E-state index contributed by atoms with van der Waals surface area (Å²) in [5.74, 6) is -1.05. The number of carbonyl (C=O) groups excluding carboxylic acids is 1. The molecule has 1 aliphatic heterocycles. The molecule has 0 aliphatic carbocycles. The van der Waals surface area contributed by atoms with E-state index >= 15 is 0 Å². The summed E-state index contributed by atoms with van der Waals surface area (Å²) in [5, 5.41) is 9.07. The van der Waals surface area contributed by atoms with Gasteiger partial charge in [-0.2, -0.15) is 8.42 Å². The van der Waals surface area contributed by atoms with Gasteiger partial charge in [-0.25, -0.2) is 19.1 Å². The Kier molecular flexibility index (Phi) is 7.93. The molecule has 1 fully saturated rings. The first-order chi connectivity index (χ1) is 18.7. The van der Waals surface area contributed by atoms with Crippen LogP contribution in [0.15, 0.2) is 47.5 Å². The minimum atomic E-state index is -4.43. The highest BCUT2D eigenvalue weighted by Gasteiger charge is 2.41. The molecule has 2 aromatic heterocycles. The topological polar surface area (TPSA) is 148 Å². The normalized spacial score (nSPS) is 16.8. The zero-order chi connectivity index (χ0) is 29.4. The van der Waals surface area contributed by atoms with Gasteiger partial charge >= 0.3 is 0 Å². The number of sulfonamides is 1. The molecule has 0 spiro atoms. The molecule has 0 bridgehead atoms. The number of anilines is 2. The highest BCUT2D eigenvalue weighted by molar-refractivity contribution is 7.90. The molecule has 10 nitrogen and oxygen atoms in total. The van der Waals surface area contributed by atoms with Crippen LogP contribution in [0.2, 0.25) is 0 Å². The second-order valence-corrected chi connectivity index (χ2v) is 12.6. The first-order valence-corrected chi connectivity index (χ1v) is 14.4. The number of hydrogen-bond donors (Lipinski definition) is 3. The van der Waals surface area contributed by atoms with E-state index in [4.69, 9.17) is 15.5 Å². The molecule has 1 aromatic carbocycles. The quantitative estimate of drug-likeness (QED) is 0.359. The number of nitrogens with two attached hydrogens (primary N) is 1. The summed E-state index contributed by atoms with van der Waals surface area (Å²) in [6.07, 6.45) is 0.835. The summed E-state index contributed by atoms with van der Waals surface area (Å²) < 4.78 is 48.2. The Morgan fingerprint density at radius 2 is 1.95 bits per heavy atom. The van der Waals surface area contributed by atoms with Crippen LogP contribution in [-0.4, -0.2) is 48.1 Å². The fourth-order valence-corrected chi connectivity index (χ4v) is 5.41. The molecule has 214 valence electrons. The zero-order valence-corrected chi connectivity index (χ0v) is 23.9. The molecule has 1 atom stereocenters. The van der Waals surface area contributed by atoms with Crippen molar-refractivity contribution in [3.63, 3.8) is 0 Å². The molecule has 4 rings (SSSR count). The number of nitrogens with zero attached hydrogens (tertiary/aromatic N) is 3. The number of aromatic nitrogens is 2. The Morgan fingerprint density at radius 3 is 2.58 bits per heavy atom. The number of pyridine rings is 2. The lowest BCUT2D eigenvalue weighted by atomic mass is 9.90. The van der Waals surface area contributed by atoms with Crippen molar-refractivity contribution in [3.05, 3.63) is 53.8 Å². The zero-order valence-electron chi connectivity index (χ0n) is 23.1.